The number of rotatable bonds is 9. The molecule has 3 rings (SSSR count). The molecule has 31 heavy (non-hydrogen) atoms. The second kappa shape index (κ2) is 10.9. The van der Waals surface area contributed by atoms with Gasteiger partial charge in [0.25, 0.3) is 0 Å². The SMILES string of the molecule is CCC[C@H](C)N[C@@H](C(=O)Nc1sc2c(c1C(=O)OCC)CC[C@H](C)C2)c1ccccc1. The summed E-state index contributed by atoms with van der Waals surface area (Å²) in [6.45, 7) is 8.59. The summed E-state index contributed by atoms with van der Waals surface area (Å²) in [5.41, 5.74) is 2.52. The van der Waals surface area contributed by atoms with Gasteiger partial charge in [0.15, 0.2) is 0 Å². The Morgan fingerprint density at radius 1 is 1.23 bits per heavy atom. The number of ether oxygens (including phenoxy) is 1. The molecule has 0 radical (unpaired) electrons. The number of thiophene rings is 1. The van der Waals surface area contributed by atoms with Crippen LogP contribution in [0, 0.1) is 5.92 Å². The number of carbonyl (C=O) groups is 2. The van der Waals surface area contributed by atoms with Crippen molar-refractivity contribution in [1.29, 1.82) is 0 Å². The average molecular weight is 443 g/mol. The minimum Gasteiger partial charge on any atom is -0.462 e. The summed E-state index contributed by atoms with van der Waals surface area (Å²) >= 11 is 1.53. The zero-order valence-corrected chi connectivity index (χ0v) is 19.8. The molecule has 2 aromatic rings. The Labute approximate surface area is 189 Å². The highest BCUT2D eigenvalue weighted by Crippen LogP contribution is 2.40. The fraction of sp³-hybridized carbons (Fsp3) is 0.520. The molecule has 0 unspecified atom stereocenters. The molecule has 0 aliphatic heterocycles. The quantitative estimate of drug-likeness (QED) is 0.503. The van der Waals surface area contributed by atoms with Crippen LogP contribution < -0.4 is 10.6 Å². The number of anilines is 1. The molecule has 0 saturated heterocycles. The number of fused-ring (bicyclic) bond motifs is 1. The van der Waals surface area contributed by atoms with Crippen molar-refractivity contribution in [2.75, 3.05) is 11.9 Å². The standard InChI is InChI=1S/C25H34N2O3S/c1-5-10-17(4)26-22(18-11-8-7-9-12-18)23(28)27-24-21(25(29)30-6-2)19-14-13-16(3)15-20(19)31-24/h7-9,11-12,16-17,22,26H,5-6,10,13-15H2,1-4H3,(H,27,28)/t16-,17-,22+/m0/s1. The molecule has 5 nitrogen and oxygen atoms in total. The Morgan fingerprint density at radius 3 is 2.65 bits per heavy atom. The first-order chi connectivity index (χ1) is 14.9. The van der Waals surface area contributed by atoms with Crippen LogP contribution in [0.25, 0.3) is 0 Å². The van der Waals surface area contributed by atoms with Crippen LogP contribution in [-0.2, 0) is 22.4 Å². The molecule has 1 aliphatic rings. The summed E-state index contributed by atoms with van der Waals surface area (Å²) in [6.07, 6.45) is 4.86. The zero-order valence-electron chi connectivity index (χ0n) is 19.0. The molecular weight excluding hydrogens is 408 g/mol. The largest absolute Gasteiger partial charge is 0.462 e. The van der Waals surface area contributed by atoms with E-state index in [2.05, 4.69) is 31.4 Å². The molecule has 1 aromatic heterocycles. The van der Waals surface area contributed by atoms with Gasteiger partial charge in [-0.2, -0.15) is 0 Å². The van der Waals surface area contributed by atoms with Gasteiger partial charge in [-0.05, 0) is 56.6 Å². The third-order valence-corrected chi connectivity index (χ3v) is 6.97. The van der Waals surface area contributed by atoms with Crippen LogP contribution in [0.3, 0.4) is 0 Å². The molecule has 2 N–H and O–H groups in total. The van der Waals surface area contributed by atoms with Gasteiger partial charge in [0, 0.05) is 10.9 Å². The number of esters is 1. The van der Waals surface area contributed by atoms with Gasteiger partial charge in [-0.15, -0.1) is 11.3 Å². The molecule has 1 aromatic carbocycles. The molecule has 0 fully saturated rings. The van der Waals surface area contributed by atoms with E-state index in [1.54, 1.807) is 0 Å². The number of hydrogen-bond donors (Lipinski definition) is 2. The third-order valence-electron chi connectivity index (χ3n) is 5.80. The van der Waals surface area contributed by atoms with Crippen LogP contribution in [0.15, 0.2) is 30.3 Å². The average Bonchev–Trinajstić information content (AvgIpc) is 3.09. The van der Waals surface area contributed by atoms with Crippen molar-refractivity contribution in [2.24, 2.45) is 5.92 Å². The summed E-state index contributed by atoms with van der Waals surface area (Å²) in [4.78, 5) is 27.4. The van der Waals surface area contributed by atoms with Crippen LogP contribution in [0.5, 0.6) is 0 Å². The van der Waals surface area contributed by atoms with Crippen molar-refractivity contribution in [3.8, 4) is 0 Å². The molecule has 1 heterocycles. The summed E-state index contributed by atoms with van der Waals surface area (Å²) in [6, 6.07) is 9.46. The predicted molar refractivity (Wildman–Crippen MR) is 127 cm³/mol. The van der Waals surface area contributed by atoms with E-state index in [0.29, 0.717) is 23.1 Å². The van der Waals surface area contributed by atoms with Crippen molar-refractivity contribution in [3.63, 3.8) is 0 Å². The van der Waals surface area contributed by atoms with Gasteiger partial charge >= 0.3 is 5.97 Å². The van der Waals surface area contributed by atoms with E-state index in [9.17, 15) is 9.59 Å². The van der Waals surface area contributed by atoms with Crippen molar-refractivity contribution in [3.05, 3.63) is 51.9 Å². The van der Waals surface area contributed by atoms with Gasteiger partial charge in [0.05, 0.1) is 12.2 Å². The van der Waals surface area contributed by atoms with Crippen LogP contribution in [-0.4, -0.2) is 24.5 Å². The lowest BCUT2D eigenvalue weighted by molar-refractivity contribution is -0.118. The summed E-state index contributed by atoms with van der Waals surface area (Å²) < 4.78 is 5.34. The highest BCUT2D eigenvalue weighted by Gasteiger charge is 2.31. The van der Waals surface area contributed by atoms with E-state index < -0.39 is 6.04 Å². The Morgan fingerprint density at radius 2 is 1.97 bits per heavy atom. The number of hydrogen-bond acceptors (Lipinski definition) is 5. The van der Waals surface area contributed by atoms with Crippen molar-refractivity contribution < 1.29 is 14.3 Å². The molecule has 0 saturated carbocycles. The molecular formula is C25H34N2O3S. The van der Waals surface area contributed by atoms with Gasteiger partial charge in [-0.3, -0.25) is 10.1 Å². The van der Waals surface area contributed by atoms with E-state index in [4.69, 9.17) is 4.74 Å². The van der Waals surface area contributed by atoms with E-state index in [-0.39, 0.29) is 17.9 Å². The second-order valence-corrected chi connectivity index (χ2v) is 9.57. The van der Waals surface area contributed by atoms with Crippen LogP contribution >= 0.6 is 11.3 Å². The Bertz CT molecular complexity index is 894. The molecule has 168 valence electrons. The van der Waals surface area contributed by atoms with Gasteiger partial charge < -0.3 is 10.1 Å². The van der Waals surface area contributed by atoms with E-state index in [1.165, 1.54) is 16.2 Å². The topological polar surface area (TPSA) is 67.4 Å². The Hall–Kier alpha value is -2.18. The minimum atomic E-state index is -0.490. The third kappa shape index (κ3) is 5.74. The van der Waals surface area contributed by atoms with E-state index >= 15 is 0 Å². The maximum absolute atomic E-state index is 13.4. The maximum atomic E-state index is 13.4. The lowest BCUT2D eigenvalue weighted by atomic mass is 9.88. The number of benzene rings is 1. The molecule has 1 amide bonds. The Kier molecular flexibility index (Phi) is 8.27. The molecule has 0 spiro atoms. The van der Waals surface area contributed by atoms with Gasteiger partial charge in [-0.1, -0.05) is 50.6 Å². The summed E-state index contributed by atoms with van der Waals surface area (Å²) in [5.74, 6) is 0.0955. The van der Waals surface area contributed by atoms with Gasteiger partial charge in [0.1, 0.15) is 11.0 Å². The lowest BCUT2D eigenvalue weighted by Crippen LogP contribution is -2.38. The first-order valence-electron chi connectivity index (χ1n) is 11.4. The maximum Gasteiger partial charge on any atom is 0.341 e. The minimum absolute atomic E-state index is 0.147. The second-order valence-electron chi connectivity index (χ2n) is 8.47. The fourth-order valence-electron chi connectivity index (χ4n) is 4.21. The van der Waals surface area contributed by atoms with E-state index in [1.807, 2.05) is 37.3 Å². The first-order valence-corrected chi connectivity index (χ1v) is 12.2. The van der Waals surface area contributed by atoms with Crippen LogP contribution in [0.1, 0.15) is 79.4 Å². The lowest BCUT2D eigenvalue weighted by Gasteiger charge is -2.23. The molecule has 1 aliphatic carbocycles. The smallest absolute Gasteiger partial charge is 0.341 e. The van der Waals surface area contributed by atoms with Crippen molar-refractivity contribution in [1.82, 2.24) is 5.32 Å². The fourth-order valence-corrected chi connectivity index (χ4v) is 5.61. The molecule has 6 heteroatoms. The zero-order chi connectivity index (χ0) is 22.4. The normalized spacial score (nSPS) is 17.5. The van der Waals surface area contributed by atoms with Crippen molar-refractivity contribution in [2.45, 2.75) is 71.9 Å². The monoisotopic (exact) mass is 442 g/mol. The number of carbonyl (C=O) groups excluding carboxylic acids is 2. The molecule has 3 atom stereocenters. The highest BCUT2D eigenvalue weighted by molar-refractivity contribution is 7.17. The summed E-state index contributed by atoms with van der Waals surface area (Å²) in [5, 5.41) is 7.18. The first kappa shape index (κ1) is 23.5. The van der Waals surface area contributed by atoms with Crippen LogP contribution in [0.2, 0.25) is 0 Å². The van der Waals surface area contributed by atoms with E-state index in [0.717, 1.165) is 43.2 Å². The Balaban J connectivity index is 1.91. The number of nitrogens with one attached hydrogen (secondary N) is 2. The predicted octanol–water partition coefficient (Wildman–Crippen LogP) is 5.51. The van der Waals surface area contributed by atoms with Crippen LogP contribution in [0.4, 0.5) is 5.00 Å². The van der Waals surface area contributed by atoms with Gasteiger partial charge in [-0.25, -0.2) is 4.79 Å². The van der Waals surface area contributed by atoms with Crippen molar-refractivity contribution >= 4 is 28.2 Å². The summed E-state index contributed by atoms with van der Waals surface area (Å²) in [7, 11) is 0. The highest BCUT2D eigenvalue weighted by atomic mass is 32.1. The molecule has 0 bridgehead atoms. The number of amides is 1. The van der Waals surface area contributed by atoms with Gasteiger partial charge in [0.2, 0.25) is 5.91 Å².